The number of rotatable bonds is 3. The summed E-state index contributed by atoms with van der Waals surface area (Å²) in [5.41, 5.74) is 3.11. The number of fused-ring (bicyclic) bond motifs is 1. The molecule has 4 heterocycles. The standard InChI is InChI=1S/C19H19N7O/c1-24-15(7-8-21-24)17-12-25(9-10-27-17)18-11-16(14-5-3-2-4-6-14)26-19(23-18)20-13-22-26/h2-8,11,13,17H,9-10,12H2,1H3. The monoisotopic (exact) mass is 361 g/mol. The molecule has 8 nitrogen and oxygen atoms in total. The maximum atomic E-state index is 5.98. The average molecular weight is 361 g/mol. The molecule has 1 fully saturated rings. The molecule has 1 saturated heterocycles. The Morgan fingerprint density at radius 1 is 1.11 bits per heavy atom. The summed E-state index contributed by atoms with van der Waals surface area (Å²) >= 11 is 0. The lowest BCUT2D eigenvalue weighted by molar-refractivity contribution is 0.0343. The molecule has 0 aliphatic carbocycles. The van der Waals surface area contributed by atoms with Crippen LogP contribution < -0.4 is 4.90 Å². The molecule has 0 radical (unpaired) electrons. The Balaban J connectivity index is 1.54. The minimum atomic E-state index is -0.0395. The number of hydrogen-bond donors (Lipinski definition) is 0. The molecule has 1 atom stereocenters. The van der Waals surface area contributed by atoms with E-state index >= 15 is 0 Å². The third kappa shape index (κ3) is 2.83. The van der Waals surface area contributed by atoms with E-state index in [4.69, 9.17) is 9.72 Å². The molecule has 0 amide bonds. The van der Waals surface area contributed by atoms with Gasteiger partial charge in [0, 0.05) is 31.4 Å². The molecule has 5 rings (SSSR count). The maximum Gasteiger partial charge on any atom is 0.254 e. The number of hydrogen-bond acceptors (Lipinski definition) is 6. The minimum absolute atomic E-state index is 0.0395. The Labute approximate surface area is 156 Å². The molecule has 136 valence electrons. The molecule has 8 heteroatoms. The number of nitrogens with zero attached hydrogens (tertiary/aromatic N) is 7. The summed E-state index contributed by atoms with van der Waals surface area (Å²) in [5, 5.41) is 8.60. The quantitative estimate of drug-likeness (QED) is 0.556. The van der Waals surface area contributed by atoms with E-state index in [0.717, 1.165) is 29.3 Å². The number of aryl methyl sites for hydroxylation is 1. The zero-order valence-corrected chi connectivity index (χ0v) is 14.9. The first-order valence-corrected chi connectivity index (χ1v) is 8.90. The molecule has 1 unspecified atom stereocenters. The lowest BCUT2D eigenvalue weighted by Gasteiger charge is -2.33. The predicted molar refractivity (Wildman–Crippen MR) is 100 cm³/mol. The third-order valence-corrected chi connectivity index (χ3v) is 4.89. The summed E-state index contributed by atoms with van der Waals surface area (Å²) in [5.74, 6) is 1.47. The van der Waals surface area contributed by atoms with E-state index in [1.807, 2.05) is 36.0 Å². The fraction of sp³-hybridized carbons (Fsp3) is 0.263. The summed E-state index contributed by atoms with van der Waals surface area (Å²) in [4.78, 5) is 11.3. The van der Waals surface area contributed by atoms with Gasteiger partial charge in [0.2, 0.25) is 0 Å². The van der Waals surface area contributed by atoms with Gasteiger partial charge in [-0.2, -0.15) is 24.7 Å². The van der Waals surface area contributed by atoms with Crippen molar-refractivity contribution < 1.29 is 4.74 Å². The molecule has 3 aromatic heterocycles. The van der Waals surface area contributed by atoms with Crippen molar-refractivity contribution in [2.75, 3.05) is 24.6 Å². The summed E-state index contributed by atoms with van der Waals surface area (Å²) in [6, 6.07) is 14.2. The second-order valence-electron chi connectivity index (χ2n) is 6.52. The Bertz CT molecular complexity index is 1070. The van der Waals surface area contributed by atoms with Gasteiger partial charge in [-0.15, -0.1) is 0 Å². The van der Waals surface area contributed by atoms with Gasteiger partial charge in [-0.3, -0.25) is 4.68 Å². The van der Waals surface area contributed by atoms with E-state index in [9.17, 15) is 0 Å². The van der Waals surface area contributed by atoms with Crippen LogP contribution in [0.1, 0.15) is 11.8 Å². The number of ether oxygens (including phenoxy) is 1. The van der Waals surface area contributed by atoms with Gasteiger partial charge in [-0.1, -0.05) is 30.3 Å². The van der Waals surface area contributed by atoms with E-state index in [1.54, 1.807) is 10.7 Å². The highest BCUT2D eigenvalue weighted by molar-refractivity contribution is 5.66. The first-order chi connectivity index (χ1) is 13.3. The van der Waals surface area contributed by atoms with Gasteiger partial charge in [0.25, 0.3) is 5.78 Å². The summed E-state index contributed by atoms with van der Waals surface area (Å²) in [7, 11) is 1.94. The second-order valence-corrected chi connectivity index (χ2v) is 6.52. The third-order valence-electron chi connectivity index (χ3n) is 4.89. The van der Waals surface area contributed by atoms with Crippen LogP contribution in [0.15, 0.2) is 55.0 Å². The molecule has 1 aliphatic heterocycles. The number of benzene rings is 1. The van der Waals surface area contributed by atoms with Gasteiger partial charge in [0.1, 0.15) is 18.2 Å². The van der Waals surface area contributed by atoms with E-state index in [-0.39, 0.29) is 6.10 Å². The van der Waals surface area contributed by atoms with Crippen molar-refractivity contribution in [2.45, 2.75) is 6.10 Å². The molecule has 0 saturated carbocycles. The minimum Gasteiger partial charge on any atom is -0.368 e. The number of anilines is 1. The van der Waals surface area contributed by atoms with E-state index in [2.05, 4.69) is 38.3 Å². The first kappa shape index (κ1) is 16.0. The number of morpholine rings is 1. The molecule has 0 bridgehead atoms. The van der Waals surface area contributed by atoms with Gasteiger partial charge < -0.3 is 9.64 Å². The van der Waals surface area contributed by atoms with Gasteiger partial charge in [-0.25, -0.2) is 0 Å². The predicted octanol–water partition coefficient (Wildman–Crippen LogP) is 2.10. The van der Waals surface area contributed by atoms with Crippen LogP contribution in [0.2, 0.25) is 0 Å². The molecule has 0 N–H and O–H groups in total. The van der Waals surface area contributed by atoms with Gasteiger partial charge in [0.15, 0.2) is 0 Å². The average Bonchev–Trinajstić information content (AvgIpc) is 3.36. The molecule has 1 aromatic carbocycles. The second kappa shape index (κ2) is 6.48. The normalized spacial score (nSPS) is 17.5. The van der Waals surface area contributed by atoms with E-state index < -0.39 is 0 Å². The maximum absolute atomic E-state index is 5.98. The van der Waals surface area contributed by atoms with Crippen molar-refractivity contribution in [3.05, 3.63) is 60.7 Å². The van der Waals surface area contributed by atoms with Crippen LogP contribution in [-0.2, 0) is 11.8 Å². The van der Waals surface area contributed by atoms with Crippen molar-refractivity contribution in [2.24, 2.45) is 7.05 Å². The fourth-order valence-corrected chi connectivity index (χ4v) is 3.51. The summed E-state index contributed by atoms with van der Waals surface area (Å²) in [6.45, 7) is 2.13. The van der Waals surface area contributed by atoms with Gasteiger partial charge >= 0.3 is 0 Å². The highest BCUT2D eigenvalue weighted by Gasteiger charge is 2.26. The largest absolute Gasteiger partial charge is 0.368 e. The first-order valence-electron chi connectivity index (χ1n) is 8.90. The van der Waals surface area contributed by atoms with Crippen LogP contribution in [0.3, 0.4) is 0 Å². The summed E-state index contributed by atoms with van der Waals surface area (Å²) in [6.07, 6.45) is 3.30. The van der Waals surface area contributed by atoms with Gasteiger partial charge in [-0.05, 0) is 6.07 Å². The topological polar surface area (TPSA) is 73.4 Å². The molecule has 1 aliphatic rings. The summed E-state index contributed by atoms with van der Waals surface area (Å²) < 4.78 is 9.61. The zero-order chi connectivity index (χ0) is 18.2. The lowest BCUT2D eigenvalue weighted by atomic mass is 10.1. The number of aromatic nitrogens is 6. The van der Waals surface area contributed by atoms with Crippen molar-refractivity contribution in [3.8, 4) is 11.3 Å². The van der Waals surface area contributed by atoms with Crippen LogP contribution in [0, 0.1) is 0 Å². The Morgan fingerprint density at radius 3 is 2.81 bits per heavy atom. The van der Waals surface area contributed by atoms with Gasteiger partial charge in [0.05, 0.1) is 24.5 Å². The van der Waals surface area contributed by atoms with Crippen LogP contribution in [0.25, 0.3) is 17.0 Å². The van der Waals surface area contributed by atoms with Crippen LogP contribution in [-0.4, -0.2) is 49.1 Å². The van der Waals surface area contributed by atoms with Crippen LogP contribution in [0.5, 0.6) is 0 Å². The van der Waals surface area contributed by atoms with E-state index in [0.29, 0.717) is 18.9 Å². The smallest absolute Gasteiger partial charge is 0.254 e. The van der Waals surface area contributed by atoms with Crippen molar-refractivity contribution >= 4 is 11.6 Å². The molecular formula is C19H19N7O. The van der Waals surface area contributed by atoms with Crippen LogP contribution in [0.4, 0.5) is 5.82 Å². The fourth-order valence-electron chi connectivity index (χ4n) is 3.51. The Kier molecular flexibility index (Phi) is 3.83. The Hall–Kier alpha value is -3.26. The van der Waals surface area contributed by atoms with Crippen molar-refractivity contribution in [1.82, 2.24) is 29.4 Å². The van der Waals surface area contributed by atoms with E-state index in [1.165, 1.54) is 6.33 Å². The lowest BCUT2D eigenvalue weighted by Crippen LogP contribution is -2.39. The molecule has 0 spiro atoms. The molecule has 4 aromatic rings. The highest BCUT2D eigenvalue weighted by atomic mass is 16.5. The van der Waals surface area contributed by atoms with Crippen LogP contribution >= 0.6 is 0 Å². The molecular weight excluding hydrogens is 342 g/mol. The zero-order valence-electron chi connectivity index (χ0n) is 14.9. The van der Waals surface area contributed by atoms with Crippen molar-refractivity contribution in [3.63, 3.8) is 0 Å². The van der Waals surface area contributed by atoms with Crippen molar-refractivity contribution in [1.29, 1.82) is 0 Å². The Morgan fingerprint density at radius 2 is 2.00 bits per heavy atom. The highest BCUT2D eigenvalue weighted by Crippen LogP contribution is 2.28. The SMILES string of the molecule is Cn1nccc1C1CN(c2cc(-c3ccccc3)n3ncnc3n2)CCO1. The molecule has 27 heavy (non-hydrogen) atoms.